The maximum Gasteiger partial charge on any atom is 0.231 e. The first-order valence-electron chi connectivity index (χ1n) is 7.30. The Balaban J connectivity index is 1.77. The molecule has 0 unspecified atom stereocenters. The summed E-state index contributed by atoms with van der Waals surface area (Å²) >= 11 is 1.81. The van der Waals surface area contributed by atoms with Crippen LogP contribution < -0.4 is 14.8 Å². The molecule has 0 radical (unpaired) electrons. The predicted octanol–water partition coefficient (Wildman–Crippen LogP) is 2.47. The van der Waals surface area contributed by atoms with E-state index in [0.29, 0.717) is 6.79 Å². The number of nitrogens with zero attached hydrogens (tertiary/aromatic N) is 1. The van der Waals surface area contributed by atoms with Gasteiger partial charge in [0.25, 0.3) is 0 Å². The van der Waals surface area contributed by atoms with Crippen LogP contribution in [0.4, 0.5) is 0 Å². The van der Waals surface area contributed by atoms with E-state index in [1.807, 2.05) is 6.07 Å². The molecule has 21 heavy (non-hydrogen) atoms. The highest BCUT2D eigenvalue weighted by Gasteiger charge is 2.30. The minimum Gasteiger partial charge on any atom is -0.454 e. The first-order chi connectivity index (χ1) is 10.4. The maximum absolute atomic E-state index is 5.74. The topological polar surface area (TPSA) is 33.7 Å². The van der Waals surface area contributed by atoms with Gasteiger partial charge in [0.2, 0.25) is 6.79 Å². The normalized spacial score (nSPS) is 19.6. The van der Waals surface area contributed by atoms with Gasteiger partial charge in [0, 0.05) is 36.6 Å². The Hall–Kier alpha value is -1.56. The van der Waals surface area contributed by atoms with E-state index in [0.717, 1.165) is 37.7 Å². The third-order valence-corrected chi connectivity index (χ3v) is 4.98. The van der Waals surface area contributed by atoms with E-state index in [2.05, 4.69) is 39.9 Å². The Morgan fingerprint density at radius 3 is 2.81 bits per heavy atom. The second-order valence-electron chi connectivity index (χ2n) is 5.28. The van der Waals surface area contributed by atoms with E-state index in [1.54, 1.807) is 11.3 Å². The van der Waals surface area contributed by atoms with Crippen LogP contribution in [0.1, 0.15) is 16.5 Å². The monoisotopic (exact) mass is 302 g/mol. The molecular formula is C16H18N2O2S. The Bertz CT molecular complexity index is 609. The minimum atomic E-state index is 0.253. The van der Waals surface area contributed by atoms with E-state index in [1.165, 1.54) is 10.4 Å². The number of piperazine rings is 1. The van der Waals surface area contributed by atoms with Crippen molar-refractivity contribution in [2.75, 3.05) is 33.0 Å². The number of thiophene rings is 1. The van der Waals surface area contributed by atoms with Gasteiger partial charge in [0.1, 0.15) is 0 Å². The van der Waals surface area contributed by atoms with Crippen LogP contribution in [-0.4, -0.2) is 37.9 Å². The van der Waals surface area contributed by atoms with Gasteiger partial charge in [-0.2, -0.15) is 0 Å². The van der Waals surface area contributed by atoms with Gasteiger partial charge < -0.3 is 14.8 Å². The summed E-state index contributed by atoms with van der Waals surface area (Å²) in [5.74, 6) is 1.78. The molecule has 1 aromatic carbocycles. The van der Waals surface area contributed by atoms with E-state index in [9.17, 15) is 0 Å². The zero-order valence-electron chi connectivity index (χ0n) is 11.7. The molecule has 0 spiro atoms. The Morgan fingerprint density at radius 2 is 2.00 bits per heavy atom. The number of ether oxygens (including phenoxy) is 2. The van der Waals surface area contributed by atoms with Gasteiger partial charge in [0.05, 0.1) is 6.04 Å². The first-order valence-corrected chi connectivity index (χ1v) is 8.18. The lowest BCUT2D eigenvalue weighted by Gasteiger charge is -2.35. The maximum atomic E-state index is 5.74. The van der Waals surface area contributed by atoms with Crippen molar-refractivity contribution in [1.82, 2.24) is 10.2 Å². The molecule has 1 N–H and O–H groups in total. The van der Waals surface area contributed by atoms with Crippen LogP contribution in [0.2, 0.25) is 0 Å². The lowest BCUT2D eigenvalue weighted by atomic mass is 10.0. The summed E-state index contributed by atoms with van der Waals surface area (Å²) in [5.41, 5.74) is 1.22. The number of fused-ring (bicyclic) bond motifs is 1. The molecular weight excluding hydrogens is 284 g/mol. The average Bonchev–Trinajstić information content (AvgIpc) is 3.20. The molecule has 0 amide bonds. The second kappa shape index (κ2) is 5.67. The summed E-state index contributed by atoms with van der Waals surface area (Å²) in [5, 5.41) is 5.57. The van der Waals surface area contributed by atoms with E-state index in [-0.39, 0.29) is 6.04 Å². The van der Waals surface area contributed by atoms with Gasteiger partial charge in [-0.1, -0.05) is 18.2 Å². The van der Waals surface area contributed by atoms with Crippen molar-refractivity contribution >= 4 is 11.3 Å². The Labute approximate surface area is 128 Å². The summed E-state index contributed by atoms with van der Waals surface area (Å²) in [6, 6.07) is 10.8. The highest BCUT2D eigenvalue weighted by molar-refractivity contribution is 7.10. The van der Waals surface area contributed by atoms with Gasteiger partial charge >= 0.3 is 0 Å². The molecule has 1 aromatic heterocycles. The smallest absolute Gasteiger partial charge is 0.231 e. The van der Waals surface area contributed by atoms with E-state index >= 15 is 0 Å². The summed E-state index contributed by atoms with van der Waals surface area (Å²) in [7, 11) is 0. The summed E-state index contributed by atoms with van der Waals surface area (Å²) in [6.07, 6.45) is 0. The molecule has 4 rings (SSSR count). The number of para-hydroxylation sites is 1. The molecule has 1 saturated heterocycles. The van der Waals surface area contributed by atoms with Crippen LogP contribution in [0.15, 0.2) is 35.7 Å². The fourth-order valence-electron chi connectivity index (χ4n) is 3.09. The van der Waals surface area contributed by atoms with E-state index < -0.39 is 0 Å². The fourth-order valence-corrected chi connectivity index (χ4v) is 3.96. The Kier molecular flexibility index (Phi) is 3.55. The van der Waals surface area contributed by atoms with E-state index in [4.69, 9.17) is 9.47 Å². The van der Waals surface area contributed by atoms with Crippen molar-refractivity contribution in [3.05, 3.63) is 46.2 Å². The highest BCUT2D eigenvalue weighted by atomic mass is 32.1. The number of nitrogens with one attached hydrogen (secondary N) is 1. The first kappa shape index (κ1) is 13.1. The molecule has 5 heteroatoms. The van der Waals surface area contributed by atoms with Gasteiger partial charge in [-0.25, -0.2) is 0 Å². The molecule has 0 aliphatic carbocycles. The van der Waals surface area contributed by atoms with Crippen molar-refractivity contribution in [1.29, 1.82) is 0 Å². The quantitative estimate of drug-likeness (QED) is 0.944. The van der Waals surface area contributed by atoms with Gasteiger partial charge in [-0.15, -0.1) is 11.3 Å². The zero-order valence-corrected chi connectivity index (χ0v) is 12.6. The molecule has 110 valence electrons. The molecule has 1 atom stereocenters. The zero-order chi connectivity index (χ0) is 14.1. The standard InChI is InChI=1S/C16H18N2O2S/c1-3-12(16-13(4-1)19-11-20-16)15(14-5-2-10-21-14)18-8-6-17-7-9-18/h1-5,10,15,17H,6-9,11H2/t15-/m1/s1. The molecule has 3 heterocycles. The number of hydrogen-bond donors (Lipinski definition) is 1. The number of hydrogen-bond acceptors (Lipinski definition) is 5. The molecule has 2 aliphatic rings. The van der Waals surface area contributed by atoms with Crippen LogP contribution in [-0.2, 0) is 0 Å². The Morgan fingerprint density at radius 1 is 1.10 bits per heavy atom. The van der Waals surface area contributed by atoms with Crippen LogP contribution in [0.5, 0.6) is 11.5 Å². The van der Waals surface area contributed by atoms with Gasteiger partial charge in [-0.3, -0.25) is 4.90 Å². The number of benzene rings is 1. The minimum absolute atomic E-state index is 0.253. The summed E-state index contributed by atoms with van der Waals surface area (Å²) in [6.45, 7) is 4.49. The summed E-state index contributed by atoms with van der Waals surface area (Å²) < 4.78 is 11.3. The van der Waals surface area contributed by atoms with Crippen LogP contribution in [0.25, 0.3) is 0 Å². The van der Waals surface area contributed by atoms with Crippen molar-refractivity contribution in [3.8, 4) is 11.5 Å². The summed E-state index contributed by atoms with van der Waals surface area (Å²) in [4.78, 5) is 3.89. The van der Waals surface area contributed by atoms with Crippen molar-refractivity contribution in [2.24, 2.45) is 0 Å². The second-order valence-corrected chi connectivity index (χ2v) is 6.26. The lowest BCUT2D eigenvalue weighted by Crippen LogP contribution is -2.45. The predicted molar refractivity (Wildman–Crippen MR) is 83.2 cm³/mol. The molecule has 0 saturated carbocycles. The molecule has 0 bridgehead atoms. The lowest BCUT2D eigenvalue weighted by molar-refractivity contribution is 0.167. The van der Waals surface area contributed by atoms with Crippen LogP contribution in [0, 0.1) is 0 Å². The largest absolute Gasteiger partial charge is 0.454 e. The van der Waals surface area contributed by atoms with Crippen LogP contribution >= 0.6 is 11.3 Å². The third-order valence-electron chi connectivity index (χ3n) is 4.05. The molecule has 4 nitrogen and oxygen atoms in total. The molecule has 2 aromatic rings. The SMILES string of the molecule is c1csc([C@@H](c2cccc3c2OCO3)N2CCNCC2)c1. The van der Waals surface area contributed by atoms with Crippen LogP contribution in [0.3, 0.4) is 0 Å². The van der Waals surface area contributed by atoms with Gasteiger partial charge in [-0.05, 0) is 17.5 Å². The van der Waals surface area contributed by atoms with Crippen molar-refractivity contribution in [3.63, 3.8) is 0 Å². The number of rotatable bonds is 3. The molecule has 2 aliphatic heterocycles. The molecule has 1 fully saturated rings. The fraction of sp³-hybridized carbons (Fsp3) is 0.375. The van der Waals surface area contributed by atoms with Gasteiger partial charge in [0.15, 0.2) is 11.5 Å². The van der Waals surface area contributed by atoms with Crippen molar-refractivity contribution in [2.45, 2.75) is 6.04 Å². The average molecular weight is 302 g/mol. The van der Waals surface area contributed by atoms with Crippen molar-refractivity contribution < 1.29 is 9.47 Å². The third kappa shape index (κ3) is 2.41. The highest BCUT2D eigenvalue weighted by Crippen LogP contribution is 2.43.